The first-order chi connectivity index (χ1) is 9.16. The van der Waals surface area contributed by atoms with E-state index in [1.54, 1.807) is 0 Å². The normalized spacial score (nSPS) is 12.8. The Morgan fingerprint density at radius 1 is 1.21 bits per heavy atom. The number of hydrogen-bond donors (Lipinski definition) is 1. The maximum absolute atomic E-state index is 5.69. The van der Waals surface area contributed by atoms with Crippen molar-refractivity contribution in [2.75, 3.05) is 19.3 Å². The first-order valence-electron chi connectivity index (χ1n) is 6.75. The molecule has 102 valence electrons. The molecule has 0 spiro atoms. The quantitative estimate of drug-likeness (QED) is 0.808. The van der Waals surface area contributed by atoms with Crippen LogP contribution in [-0.2, 0) is 6.42 Å². The van der Waals surface area contributed by atoms with Gasteiger partial charge in [0.15, 0.2) is 0 Å². The second kappa shape index (κ2) is 6.73. The number of nitrogens with zero attached hydrogens (tertiary/aromatic N) is 1. The van der Waals surface area contributed by atoms with Crippen LogP contribution in [0.15, 0.2) is 41.8 Å². The van der Waals surface area contributed by atoms with Crippen LogP contribution in [0, 0.1) is 0 Å². The zero-order valence-corrected chi connectivity index (χ0v) is 12.5. The number of hydrogen-bond acceptors (Lipinski definition) is 3. The molecule has 3 heteroatoms. The predicted octanol–water partition coefficient (Wildman–Crippen LogP) is 3.96. The molecule has 1 aromatic carbocycles. The van der Waals surface area contributed by atoms with Gasteiger partial charge in [0.05, 0.1) is 0 Å². The van der Waals surface area contributed by atoms with Crippen LogP contribution >= 0.6 is 11.3 Å². The molecule has 1 heterocycles. The molecule has 0 amide bonds. The summed E-state index contributed by atoms with van der Waals surface area (Å²) in [6, 6.07) is 13.0. The molecular formula is C16H22N2S. The smallest absolute Gasteiger partial charge is 0.0410 e. The van der Waals surface area contributed by atoms with Gasteiger partial charge in [-0.1, -0.05) is 18.2 Å². The minimum Gasteiger partial charge on any atom is -0.399 e. The third-order valence-corrected chi connectivity index (χ3v) is 4.61. The molecule has 0 radical (unpaired) electrons. The standard InChI is InChI=1S/C16H22N2S/c1-13(16-6-4-12-19-16)18(2)11-3-5-14-7-9-15(17)10-8-14/h4,6-10,12-13H,3,5,11,17H2,1-2H3. The Kier molecular flexibility index (Phi) is 5.00. The molecule has 0 fully saturated rings. The zero-order valence-electron chi connectivity index (χ0n) is 11.7. The third-order valence-electron chi connectivity index (χ3n) is 3.57. The van der Waals surface area contributed by atoms with Crippen molar-refractivity contribution >= 4 is 17.0 Å². The van der Waals surface area contributed by atoms with E-state index in [-0.39, 0.29) is 0 Å². The van der Waals surface area contributed by atoms with Gasteiger partial charge in [0.25, 0.3) is 0 Å². The highest BCUT2D eigenvalue weighted by molar-refractivity contribution is 7.10. The fraction of sp³-hybridized carbons (Fsp3) is 0.375. The number of anilines is 1. The van der Waals surface area contributed by atoms with E-state index in [1.807, 2.05) is 23.5 Å². The number of rotatable bonds is 6. The Bertz CT molecular complexity index is 476. The minimum atomic E-state index is 0.506. The molecule has 19 heavy (non-hydrogen) atoms. The lowest BCUT2D eigenvalue weighted by atomic mass is 10.1. The third kappa shape index (κ3) is 4.08. The number of aryl methyl sites for hydroxylation is 1. The number of nitrogens with two attached hydrogens (primary N) is 1. The summed E-state index contributed by atoms with van der Waals surface area (Å²) in [7, 11) is 2.20. The number of benzene rings is 1. The van der Waals surface area contributed by atoms with Crippen molar-refractivity contribution in [1.82, 2.24) is 4.90 Å². The Labute approximate surface area is 119 Å². The van der Waals surface area contributed by atoms with Gasteiger partial charge in [-0.2, -0.15) is 0 Å². The monoisotopic (exact) mass is 274 g/mol. The van der Waals surface area contributed by atoms with Gasteiger partial charge in [-0.05, 0) is 62.5 Å². The molecule has 2 nitrogen and oxygen atoms in total. The van der Waals surface area contributed by atoms with E-state index in [0.29, 0.717) is 6.04 Å². The summed E-state index contributed by atoms with van der Waals surface area (Å²) < 4.78 is 0. The molecule has 0 bridgehead atoms. The molecule has 0 saturated heterocycles. The van der Waals surface area contributed by atoms with Crippen LogP contribution in [0.4, 0.5) is 5.69 Å². The van der Waals surface area contributed by atoms with E-state index in [9.17, 15) is 0 Å². The molecule has 0 aliphatic carbocycles. The van der Waals surface area contributed by atoms with Gasteiger partial charge in [0, 0.05) is 16.6 Å². The average Bonchev–Trinajstić information content (AvgIpc) is 2.94. The molecule has 1 atom stereocenters. The fourth-order valence-corrected chi connectivity index (χ4v) is 3.01. The molecule has 2 N–H and O–H groups in total. The summed E-state index contributed by atoms with van der Waals surface area (Å²) in [5.74, 6) is 0. The molecule has 1 unspecified atom stereocenters. The lowest BCUT2D eigenvalue weighted by Gasteiger charge is -2.23. The van der Waals surface area contributed by atoms with Crippen molar-refractivity contribution in [3.8, 4) is 0 Å². The molecule has 2 aromatic rings. The van der Waals surface area contributed by atoms with Gasteiger partial charge in [0.1, 0.15) is 0 Å². The van der Waals surface area contributed by atoms with Crippen LogP contribution in [0.25, 0.3) is 0 Å². The lowest BCUT2D eigenvalue weighted by Crippen LogP contribution is -2.23. The zero-order chi connectivity index (χ0) is 13.7. The summed E-state index contributed by atoms with van der Waals surface area (Å²) in [6.45, 7) is 3.39. The fourth-order valence-electron chi connectivity index (χ4n) is 2.16. The van der Waals surface area contributed by atoms with Crippen LogP contribution < -0.4 is 5.73 Å². The van der Waals surface area contributed by atoms with Crippen LogP contribution in [0.5, 0.6) is 0 Å². The summed E-state index contributed by atoms with van der Waals surface area (Å²) in [5, 5.41) is 2.15. The van der Waals surface area contributed by atoms with Gasteiger partial charge in [0.2, 0.25) is 0 Å². The SMILES string of the molecule is CC(c1cccs1)N(C)CCCc1ccc(N)cc1. The van der Waals surface area contributed by atoms with E-state index in [1.165, 1.54) is 16.9 Å². The second-order valence-electron chi connectivity index (χ2n) is 5.02. The highest BCUT2D eigenvalue weighted by Gasteiger charge is 2.11. The first-order valence-corrected chi connectivity index (χ1v) is 7.63. The van der Waals surface area contributed by atoms with Crippen molar-refractivity contribution in [3.63, 3.8) is 0 Å². The molecule has 0 aliphatic heterocycles. The number of nitrogen functional groups attached to an aromatic ring is 1. The molecular weight excluding hydrogens is 252 g/mol. The van der Waals surface area contributed by atoms with Gasteiger partial charge in [-0.15, -0.1) is 11.3 Å². The highest BCUT2D eigenvalue weighted by atomic mass is 32.1. The van der Waals surface area contributed by atoms with Gasteiger partial charge < -0.3 is 5.73 Å². The maximum atomic E-state index is 5.69. The van der Waals surface area contributed by atoms with Gasteiger partial charge in [-0.3, -0.25) is 4.90 Å². The molecule has 0 aliphatic rings. The Hall–Kier alpha value is -1.32. The molecule has 2 rings (SSSR count). The topological polar surface area (TPSA) is 29.3 Å². The van der Waals surface area contributed by atoms with Gasteiger partial charge >= 0.3 is 0 Å². The maximum Gasteiger partial charge on any atom is 0.0410 e. The molecule has 0 saturated carbocycles. The van der Waals surface area contributed by atoms with Gasteiger partial charge in [-0.25, -0.2) is 0 Å². The Morgan fingerprint density at radius 3 is 2.58 bits per heavy atom. The summed E-state index contributed by atoms with van der Waals surface area (Å²) in [6.07, 6.45) is 2.29. The summed E-state index contributed by atoms with van der Waals surface area (Å²) in [4.78, 5) is 3.86. The minimum absolute atomic E-state index is 0.506. The largest absolute Gasteiger partial charge is 0.399 e. The van der Waals surface area contributed by atoms with Crippen molar-refractivity contribution in [2.24, 2.45) is 0 Å². The second-order valence-corrected chi connectivity index (χ2v) is 6.00. The van der Waals surface area contributed by atoms with E-state index < -0.39 is 0 Å². The summed E-state index contributed by atoms with van der Waals surface area (Å²) >= 11 is 1.84. The van der Waals surface area contributed by atoms with Crippen molar-refractivity contribution in [2.45, 2.75) is 25.8 Å². The van der Waals surface area contributed by atoms with E-state index in [0.717, 1.165) is 18.7 Å². The van der Waals surface area contributed by atoms with E-state index in [2.05, 4.69) is 48.5 Å². The predicted molar refractivity (Wildman–Crippen MR) is 84.5 cm³/mol. The van der Waals surface area contributed by atoms with Crippen LogP contribution in [-0.4, -0.2) is 18.5 Å². The first kappa shape index (κ1) is 14.1. The average molecular weight is 274 g/mol. The summed E-state index contributed by atoms with van der Waals surface area (Å²) in [5.41, 5.74) is 7.90. The Balaban J connectivity index is 1.77. The van der Waals surface area contributed by atoms with Crippen molar-refractivity contribution in [1.29, 1.82) is 0 Å². The highest BCUT2D eigenvalue weighted by Crippen LogP contribution is 2.23. The van der Waals surface area contributed by atoms with Crippen LogP contribution in [0.3, 0.4) is 0 Å². The van der Waals surface area contributed by atoms with E-state index >= 15 is 0 Å². The van der Waals surface area contributed by atoms with Crippen LogP contribution in [0.2, 0.25) is 0 Å². The number of thiophene rings is 1. The lowest BCUT2D eigenvalue weighted by molar-refractivity contribution is 0.262. The molecule has 1 aromatic heterocycles. The van der Waals surface area contributed by atoms with Crippen molar-refractivity contribution in [3.05, 3.63) is 52.2 Å². The van der Waals surface area contributed by atoms with E-state index in [4.69, 9.17) is 5.73 Å². The Morgan fingerprint density at radius 2 is 1.95 bits per heavy atom. The van der Waals surface area contributed by atoms with Crippen molar-refractivity contribution < 1.29 is 0 Å². The van der Waals surface area contributed by atoms with Crippen LogP contribution in [0.1, 0.15) is 29.8 Å².